The van der Waals surface area contributed by atoms with E-state index in [1.54, 1.807) is 23.5 Å². The molecule has 7 heteroatoms. The number of nitrogens with one attached hydrogen (secondary N) is 1. The minimum atomic E-state index is -1.05. The van der Waals surface area contributed by atoms with Gasteiger partial charge in [0.2, 0.25) is 0 Å². The number of carboxylic acids is 1. The summed E-state index contributed by atoms with van der Waals surface area (Å²) in [5, 5.41) is 19.5. The molecule has 118 valence electrons. The second-order valence-electron chi connectivity index (χ2n) is 4.95. The summed E-state index contributed by atoms with van der Waals surface area (Å²) in [6.07, 6.45) is 0.686. The maximum Gasteiger partial charge on any atom is 0.353 e. The number of hydrogen-bond donors (Lipinski definition) is 2. The van der Waals surface area contributed by atoms with Crippen LogP contribution in [0, 0.1) is 5.82 Å². The molecule has 0 aliphatic heterocycles. The summed E-state index contributed by atoms with van der Waals surface area (Å²) in [7, 11) is 0. The average Bonchev–Trinajstić information content (AvgIpc) is 3.21. The van der Waals surface area contributed by atoms with Gasteiger partial charge in [0.1, 0.15) is 11.5 Å². The van der Waals surface area contributed by atoms with Gasteiger partial charge >= 0.3 is 5.97 Å². The number of halogens is 1. The van der Waals surface area contributed by atoms with E-state index >= 15 is 0 Å². The van der Waals surface area contributed by atoms with Gasteiger partial charge in [-0.15, -0.1) is 0 Å². The molecule has 1 aromatic carbocycles. The van der Waals surface area contributed by atoms with Crippen LogP contribution in [-0.4, -0.2) is 27.8 Å². The van der Waals surface area contributed by atoms with Crippen molar-refractivity contribution in [3.8, 4) is 0 Å². The lowest BCUT2D eigenvalue weighted by Gasteiger charge is -2.20. The fraction of sp³-hybridized carbons (Fsp3) is 0.125. The van der Waals surface area contributed by atoms with Gasteiger partial charge < -0.3 is 10.0 Å². The Morgan fingerprint density at radius 3 is 2.70 bits per heavy atom. The van der Waals surface area contributed by atoms with E-state index in [0.717, 1.165) is 11.3 Å². The molecule has 0 saturated carbocycles. The first-order valence-electron chi connectivity index (χ1n) is 6.96. The zero-order valence-corrected chi connectivity index (χ0v) is 12.9. The van der Waals surface area contributed by atoms with Crippen molar-refractivity contribution in [1.29, 1.82) is 0 Å². The predicted molar refractivity (Wildman–Crippen MR) is 87.0 cm³/mol. The molecule has 3 aromatic rings. The number of thiophene rings is 1. The summed E-state index contributed by atoms with van der Waals surface area (Å²) in [5.41, 5.74) is 1.99. The largest absolute Gasteiger partial charge is 0.477 e. The number of aromatic carboxylic acids is 1. The van der Waals surface area contributed by atoms with Crippen LogP contribution in [-0.2, 0) is 6.42 Å². The summed E-state index contributed by atoms with van der Waals surface area (Å²) >= 11 is 1.55. The van der Waals surface area contributed by atoms with Crippen LogP contribution in [0.5, 0.6) is 0 Å². The highest BCUT2D eigenvalue weighted by molar-refractivity contribution is 7.08. The van der Waals surface area contributed by atoms with E-state index in [2.05, 4.69) is 10.2 Å². The minimum Gasteiger partial charge on any atom is -0.477 e. The number of aromatic amines is 1. The molecule has 2 aromatic heterocycles. The summed E-state index contributed by atoms with van der Waals surface area (Å²) in [5.74, 6) is -0.766. The zero-order valence-electron chi connectivity index (χ0n) is 12.1. The molecule has 0 atom stereocenters. The van der Waals surface area contributed by atoms with Crippen molar-refractivity contribution < 1.29 is 14.3 Å². The van der Waals surface area contributed by atoms with E-state index in [1.165, 1.54) is 18.2 Å². The molecule has 2 N–H and O–H groups in total. The summed E-state index contributed by atoms with van der Waals surface area (Å²) in [4.78, 5) is 12.9. The molecule has 0 saturated heterocycles. The molecular weight excluding hydrogens is 317 g/mol. The second kappa shape index (κ2) is 6.62. The number of anilines is 2. The Kier molecular flexibility index (Phi) is 4.38. The highest BCUT2D eigenvalue weighted by Gasteiger charge is 2.16. The molecule has 0 fully saturated rings. The van der Waals surface area contributed by atoms with Crippen molar-refractivity contribution in [3.05, 3.63) is 64.2 Å². The average molecular weight is 331 g/mol. The molecular formula is C16H14FN3O2S. The van der Waals surface area contributed by atoms with E-state index in [4.69, 9.17) is 5.11 Å². The normalized spacial score (nSPS) is 10.7. The van der Waals surface area contributed by atoms with Crippen LogP contribution in [0.25, 0.3) is 0 Å². The Balaban J connectivity index is 1.81. The van der Waals surface area contributed by atoms with Crippen molar-refractivity contribution in [3.63, 3.8) is 0 Å². The fourth-order valence-corrected chi connectivity index (χ4v) is 2.88. The molecule has 2 heterocycles. The molecule has 0 amide bonds. The summed E-state index contributed by atoms with van der Waals surface area (Å²) in [6.45, 7) is 0.603. The van der Waals surface area contributed by atoms with Crippen molar-refractivity contribution in [1.82, 2.24) is 10.2 Å². The van der Waals surface area contributed by atoms with Gasteiger partial charge in [-0.2, -0.15) is 16.4 Å². The quantitative estimate of drug-likeness (QED) is 0.723. The summed E-state index contributed by atoms with van der Waals surface area (Å²) < 4.78 is 13.0. The third kappa shape index (κ3) is 3.57. The monoisotopic (exact) mass is 331 g/mol. The molecule has 0 aliphatic rings. The van der Waals surface area contributed by atoms with Crippen LogP contribution in [0.2, 0.25) is 0 Å². The van der Waals surface area contributed by atoms with Gasteiger partial charge in [0.15, 0.2) is 5.82 Å². The van der Waals surface area contributed by atoms with E-state index in [1.807, 2.05) is 21.7 Å². The zero-order chi connectivity index (χ0) is 16.2. The highest BCUT2D eigenvalue weighted by atomic mass is 32.1. The first-order valence-corrected chi connectivity index (χ1v) is 7.90. The number of nitrogens with zero attached hydrogens (tertiary/aromatic N) is 2. The van der Waals surface area contributed by atoms with E-state index in [9.17, 15) is 9.18 Å². The second-order valence-corrected chi connectivity index (χ2v) is 5.73. The van der Waals surface area contributed by atoms with Gasteiger partial charge in [0.25, 0.3) is 0 Å². The number of hydrogen-bond acceptors (Lipinski definition) is 4. The van der Waals surface area contributed by atoms with Crippen LogP contribution in [0.3, 0.4) is 0 Å². The van der Waals surface area contributed by atoms with Gasteiger partial charge in [0.05, 0.1) is 5.69 Å². The first-order chi connectivity index (χ1) is 11.1. The molecule has 0 unspecified atom stereocenters. The van der Waals surface area contributed by atoms with Crippen molar-refractivity contribution in [2.24, 2.45) is 0 Å². The van der Waals surface area contributed by atoms with Gasteiger partial charge in [-0.05, 0) is 35.6 Å². The Labute approximate surface area is 136 Å². The minimum absolute atomic E-state index is 0.0435. The maximum absolute atomic E-state index is 13.0. The number of benzene rings is 1. The topological polar surface area (TPSA) is 69.2 Å². The van der Waals surface area contributed by atoms with Crippen LogP contribution in [0.15, 0.2) is 47.2 Å². The van der Waals surface area contributed by atoms with Crippen LogP contribution in [0.1, 0.15) is 16.1 Å². The third-order valence-corrected chi connectivity index (χ3v) is 4.10. The highest BCUT2D eigenvalue weighted by Crippen LogP contribution is 2.26. The van der Waals surface area contributed by atoms with Gasteiger partial charge in [0, 0.05) is 18.0 Å². The lowest BCUT2D eigenvalue weighted by atomic mass is 10.1. The first kappa shape index (κ1) is 15.2. The standard InChI is InChI=1S/C16H14FN3O2S/c17-12-3-1-11(2-4-12)5-7-20(13-6-8-23-10-13)15-9-14(16(21)22)18-19-15/h1-4,6,8-10H,5,7H2,(H,18,19)(H,21,22). The Morgan fingerprint density at radius 2 is 2.09 bits per heavy atom. The van der Waals surface area contributed by atoms with Crippen LogP contribution < -0.4 is 4.90 Å². The van der Waals surface area contributed by atoms with Gasteiger partial charge in [-0.3, -0.25) is 5.10 Å². The molecule has 0 spiro atoms. The molecule has 3 rings (SSSR count). The smallest absolute Gasteiger partial charge is 0.353 e. The molecule has 23 heavy (non-hydrogen) atoms. The van der Waals surface area contributed by atoms with Crippen LogP contribution in [0.4, 0.5) is 15.9 Å². The maximum atomic E-state index is 13.0. The van der Waals surface area contributed by atoms with E-state index in [0.29, 0.717) is 18.8 Å². The number of H-pyrrole nitrogens is 1. The number of carbonyl (C=O) groups is 1. The lowest BCUT2D eigenvalue weighted by Crippen LogP contribution is -2.20. The van der Waals surface area contributed by atoms with E-state index < -0.39 is 5.97 Å². The SMILES string of the molecule is O=C(O)c1cc(N(CCc2ccc(F)cc2)c2ccsc2)n[nH]1. The van der Waals surface area contributed by atoms with Crippen molar-refractivity contribution in [2.75, 3.05) is 11.4 Å². The van der Waals surface area contributed by atoms with Crippen LogP contribution >= 0.6 is 11.3 Å². The van der Waals surface area contributed by atoms with Crippen molar-refractivity contribution >= 4 is 28.8 Å². The third-order valence-electron chi connectivity index (χ3n) is 3.43. The fourth-order valence-electron chi connectivity index (χ4n) is 2.24. The van der Waals surface area contributed by atoms with Gasteiger partial charge in [-0.25, -0.2) is 9.18 Å². The predicted octanol–water partition coefficient (Wildman–Crippen LogP) is 3.69. The number of aromatic nitrogens is 2. The molecule has 5 nitrogen and oxygen atoms in total. The Bertz CT molecular complexity index is 784. The Morgan fingerprint density at radius 1 is 1.30 bits per heavy atom. The van der Waals surface area contributed by atoms with Crippen molar-refractivity contribution in [2.45, 2.75) is 6.42 Å². The Hall–Kier alpha value is -2.67. The summed E-state index contributed by atoms with van der Waals surface area (Å²) in [6, 6.07) is 9.81. The molecule has 0 radical (unpaired) electrons. The molecule has 0 bridgehead atoms. The lowest BCUT2D eigenvalue weighted by molar-refractivity contribution is 0.0690. The number of rotatable bonds is 6. The number of carboxylic acid groups (broad SMARTS) is 1. The van der Waals surface area contributed by atoms with E-state index in [-0.39, 0.29) is 11.5 Å². The van der Waals surface area contributed by atoms with Gasteiger partial charge in [-0.1, -0.05) is 12.1 Å². The molecule has 0 aliphatic carbocycles.